The Morgan fingerprint density at radius 3 is 2.70 bits per heavy atom. The van der Waals surface area contributed by atoms with Crippen molar-refractivity contribution in [1.82, 2.24) is 14.8 Å². The van der Waals surface area contributed by atoms with Gasteiger partial charge < -0.3 is 5.32 Å². The highest BCUT2D eigenvalue weighted by molar-refractivity contribution is 9.10. The zero-order valence-corrected chi connectivity index (χ0v) is 12.5. The first-order chi connectivity index (χ1) is 9.47. The summed E-state index contributed by atoms with van der Waals surface area (Å²) >= 11 is 4.59. The van der Waals surface area contributed by atoms with E-state index in [1.54, 1.807) is 19.2 Å². The van der Waals surface area contributed by atoms with E-state index in [1.807, 2.05) is 0 Å². The summed E-state index contributed by atoms with van der Waals surface area (Å²) in [7, 11) is 1.60. The van der Waals surface area contributed by atoms with Crippen LogP contribution in [0.15, 0.2) is 31.5 Å². The van der Waals surface area contributed by atoms with E-state index in [-0.39, 0.29) is 5.69 Å². The highest BCUT2D eigenvalue weighted by atomic mass is 79.9. The summed E-state index contributed by atoms with van der Waals surface area (Å²) in [5, 5.41) is 9.21. The molecule has 2 heterocycles. The Morgan fingerprint density at radius 2 is 2.05 bits per heavy atom. The predicted octanol–water partition coefficient (Wildman–Crippen LogP) is 1.16. The van der Waals surface area contributed by atoms with Crippen LogP contribution in [0.3, 0.4) is 0 Å². The molecule has 20 heavy (non-hydrogen) atoms. The molecule has 2 N–H and O–H groups in total. The van der Waals surface area contributed by atoms with Crippen molar-refractivity contribution >= 4 is 45.1 Å². The number of ketones is 1. The summed E-state index contributed by atoms with van der Waals surface area (Å²) in [6.07, 6.45) is 0. The van der Waals surface area contributed by atoms with Crippen LogP contribution in [0.25, 0.3) is 0 Å². The van der Waals surface area contributed by atoms with Gasteiger partial charge in [0.15, 0.2) is 5.16 Å². The number of Topliss-reactive ketones (excluding diaryl/α,β-unsaturated/α-hetero) is 1. The molecule has 1 aromatic heterocycles. The smallest absolute Gasteiger partial charge is 0.318 e. The zero-order chi connectivity index (χ0) is 14.4. The monoisotopic (exact) mass is 354 g/mol. The van der Waals surface area contributed by atoms with Crippen molar-refractivity contribution < 1.29 is 9.59 Å². The number of benzene rings is 1. The van der Waals surface area contributed by atoms with Crippen LogP contribution in [-0.4, -0.2) is 26.5 Å². The van der Waals surface area contributed by atoms with E-state index in [9.17, 15) is 14.4 Å². The van der Waals surface area contributed by atoms with Crippen LogP contribution in [-0.2, 0) is 11.8 Å². The molecule has 1 aliphatic rings. The summed E-state index contributed by atoms with van der Waals surface area (Å²) in [5.41, 5.74) is 0.488. The first-order valence-electron chi connectivity index (χ1n) is 5.46. The predicted molar refractivity (Wildman–Crippen MR) is 75.1 cm³/mol. The maximum atomic E-state index is 11.6. The molecule has 3 rings (SSSR count). The van der Waals surface area contributed by atoms with Gasteiger partial charge >= 0.3 is 5.69 Å². The summed E-state index contributed by atoms with van der Waals surface area (Å²) in [6, 6.07) is 3.26. The summed E-state index contributed by atoms with van der Waals surface area (Å²) in [5.74, 6) is -1.19. The second kappa shape index (κ2) is 4.60. The van der Waals surface area contributed by atoms with E-state index in [0.29, 0.717) is 20.9 Å². The van der Waals surface area contributed by atoms with E-state index < -0.39 is 11.7 Å². The lowest BCUT2D eigenvalue weighted by Gasteiger charge is -2.06. The minimum Gasteiger partial charge on any atom is -0.318 e. The van der Waals surface area contributed by atoms with Gasteiger partial charge in [-0.2, -0.15) is 0 Å². The van der Waals surface area contributed by atoms with Gasteiger partial charge in [-0.05, 0) is 39.8 Å². The lowest BCUT2D eigenvalue weighted by Crippen LogP contribution is -2.12. The van der Waals surface area contributed by atoms with Crippen molar-refractivity contribution in [2.24, 2.45) is 7.05 Å². The Morgan fingerprint density at radius 1 is 1.30 bits per heavy atom. The number of H-pyrrole nitrogens is 1. The molecule has 0 fully saturated rings. The molecule has 0 bridgehead atoms. The summed E-state index contributed by atoms with van der Waals surface area (Å²) in [4.78, 5) is 34.9. The molecule has 0 saturated carbocycles. The average molecular weight is 355 g/mol. The maximum Gasteiger partial charge on any atom is 0.343 e. The number of aromatic nitrogens is 3. The molecule has 0 radical (unpaired) electrons. The molecule has 9 heteroatoms. The van der Waals surface area contributed by atoms with E-state index in [4.69, 9.17) is 0 Å². The van der Waals surface area contributed by atoms with E-state index in [0.717, 1.165) is 4.90 Å². The topological polar surface area (TPSA) is 96.8 Å². The molecule has 0 atom stereocenters. The van der Waals surface area contributed by atoms with Crippen LogP contribution >= 0.6 is 27.7 Å². The molecule has 102 valence electrons. The van der Waals surface area contributed by atoms with E-state index in [2.05, 4.69) is 31.4 Å². The molecule has 1 aliphatic heterocycles. The number of nitrogens with zero attached hydrogens (tertiary/aromatic N) is 2. The molecular formula is C11H7BrN4O3S. The maximum absolute atomic E-state index is 11.6. The standard InChI is InChI=1S/C11H7BrN4O3S/c1-16-10(19)14-15-11(16)20-7-3-6-4(2-5(7)12)8(17)9(18)13-6/h2-3H,1H3,(H,14,19)(H,13,17,18). The van der Waals surface area contributed by atoms with Gasteiger partial charge in [0.25, 0.3) is 11.7 Å². The zero-order valence-electron chi connectivity index (χ0n) is 10.1. The number of hydrogen-bond donors (Lipinski definition) is 2. The minimum absolute atomic E-state index is 0.312. The molecule has 0 unspecified atom stereocenters. The number of nitrogens with one attached hydrogen (secondary N) is 2. The highest BCUT2D eigenvalue weighted by Gasteiger charge is 2.29. The van der Waals surface area contributed by atoms with Crippen LogP contribution in [0, 0.1) is 0 Å². The summed E-state index contributed by atoms with van der Waals surface area (Å²) < 4.78 is 2.02. The van der Waals surface area contributed by atoms with Gasteiger partial charge in [0.1, 0.15) is 0 Å². The number of carbonyl (C=O) groups excluding carboxylic acids is 2. The van der Waals surface area contributed by atoms with Crippen molar-refractivity contribution in [2.45, 2.75) is 10.1 Å². The average Bonchev–Trinajstić information content (AvgIpc) is 2.86. The molecule has 1 amide bonds. The fourth-order valence-electron chi connectivity index (χ4n) is 1.75. The van der Waals surface area contributed by atoms with Gasteiger partial charge in [0.05, 0.1) is 11.3 Å². The van der Waals surface area contributed by atoms with Gasteiger partial charge in [-0.25, -0.2) is 9.89 Å². The quantitative estimate of drug-likeness (QED) is 0.788. The van der Waals surface area contributed by atoms with Crippen LogP contribution in [0.2, 0.25) is 0 Å². The van der Waals surface area contributed by atoms with Crippen LogP contribution in [0.5, 0.6) is 0 Å². The van der Waals surface area contributed by atoms with Gasteiger partial charge in [-0.15, -0.1) is 5.10 Å². The van der Waals surface area contributed by atoms with E-state index in [1.165, 1.54) is 16.3 Å². The molecule has 1 aromatic carbocycles. The second-order valence-corrected chi connectivity index (χ2v) is 5.95. The van der Waals surface area contributed by atoms with Gasteiger partial charge in [-0.1, -0.05) is 0 Å². The highest BCUT2D eigenvalue weighted by Crippen LogP contribution is 2.37. The number of fused-ring (bicyclic) bond motifs is 1. The Bertz CT molecular complexity index is 810. The molecular weight excluding hydrogens is 348 g/mol. The Kier molecular flexibility index (Phi) is 3.02. The van der Waals surface area contributed by atoms with Crippen LogP contribution in [0.1, 0.15) is 10.4 Å². The fraction of sp³-hybridized carbons (Fsp3) is 0.0909. The third-order valence-electron chi connectivity index (χ3n) is 2.81. The lowest BCUT2D eigenvalue weighted by atomic mass is 10.1. The molecule has 0 aliphatic carbocycles. The first kappa shape index (κ1) is 13.1. The van der Waals surface area contributed by atoms with Crippen molar-refractivity contribution in [2.75, 3.05) is 5.32 Å². The van der Waals surface area contributed by atoms with Crippen LogP contribution < -0.4 is 11.0 Å². The first-order valence-corrected chi connectivity index (χ1v) is 7.07. The van der Waals surface area contributed by atoms with Gasteiger partial charge in [0, 0.05) is 16.4 Å². The van der Waals surface area contributed by atoms with Crippen molar-refractivity contribution in [3.05, 3.63) is 32.7 Å². The molecule has 0 spiro atoms. The number of carbonyl (C=O) groups is 2. The number of halogens is 1. The third kappa shape index (κ3) is 1.98. The molecule has 7 nitrogen and oxygen atoms in total. The molecule has 0 saturated heterocycles. The Balaban J connectivity index is 2.02. The minimum atomic E-state index is -0.638. The number of amides is 1. The second-order valence-electron chi connectivity index (χ2n) is 4.08. The van der Waals surface area contributed by atoms with Crippen molar-refractivity contribution in [1.29, 1.82) is 0 Å². The van der Waals surface area contributed by atoms with Crippen molar-refractivity contribution in [3.63, 3.8) is 0 Å². The number of hydrogen-bond acceptors (Lipinski definition) is 5. The third-order valence-corrected chi connectivity index (χ3v) is 4.84. The van der Waals surface area contributed by atoms with Crippen molar-refractivity contribution in [3.8, 4) is 0 Å². The van der Waals surface area contributed by atoms with Gasteiger partial charge in [-0.3, -0.25) is 14.2 Å². The normalized spacial score (nSPS) is 13.5. The Hall–Kier alpha value is -1.87. The van der Waals surface area contributed by atoms with E-state index >= 15 is 0 Å². The van der Waals surface area contributed by atoms with Crippen LogP contribution in [0.4, 0.5) is 5.69 Å². The fourth-order valence-corrected chi connectivity index (χ4v) is 3.17. The number of rotatable bonds is 2. The lowest BCUT2D eigenvalue weighted by molar-refractivity contribution is -0.112. The van der Waals surface area contributed by atoms with Gasteiger partial charge in [0.2, 0.25) is 0 Å². The summed E-state index contributed by atoms with van der Waals surface area (Å²) in [6.45, 7) is 0. The molecule has 2 aromatic rings. The number of anilines is 1. The SMILES string of the molecule is Cn1c(Sc2cc3c(cc2Br)C(=O)C(=O)N3)n[nH]c1=O. The number of aromatic amines is 1. The Labute approximate surface area is 124 Å². The largest absolute Gasteiger partial charge is 0.343 e.